The number of carbonyl (C=O) groups excluding carboxylic acids is 1. The summed E-state index contributed by atoms with van der Waals surface area (Å²) in [5.74, 6) is 1.57. The van der Waals surface area contributed by atoms with Gasteiger partial charge in [-0.3, -0.25) is 9.69 Å². The fraction of sp³-hybridized carbons (Fsp3) is 0.348. The number of amides is 1. The molecule has 1 aliphatic heterocycles. The number of rotatable bonds is 7. The van der Waals surface area contributed by atoms with Crippen LogP contribution in [0.15, 0.2) is 53.1 Å². The van der Waals surface area contributed by atoms with E-state index in [4.69, 9.17) is 25.5 Å². The fourth-order valence-electron chi connectivity index (χ4n) is 3.67. The van der Waals surface area contributed by atoms with Crippen LogP contribution in [0.1, 0.15) is 5.56 Å². The highest BCUT2D eigenvalue weighted by atomic mass is 35.5. The van der Waals surface area contributed by atoms with E-state index in [2.05, 4.69) is 4.90 Å². The Labute approximate surface area is 180 Å². The van der Waals surface area contributed by atoms with Crippen LogP contribution in [0.4, 0.5) is 0 Å². The summed E-state index contributed by atoms with van der Waals surface area (Å²) in [6, 6.07) is 13.1. The molecule has 0 bridgehead atoms. The molecule has 2 heterocycles. The minimum Gasteiger partial charge on any atom is -0.497 e. The van der Waals surface area contributed by atoms with Crippen molar-refractivity contribution in [1.82, 2.24) is 9.80 Å². The van der Waals surface area contributed by atoms with Crippen LogP contribution in [0.3, 0.4) is 0 Å². The molecule has 30 heavy (non-hydrogen) atoms. The number of nitrogens with zero attached hydrogens (tertiary/aromatic N) is 2. The van der Waals surface area contributed by atoms with E-state index in [9.17, 15) is 4.79 Å². The van der Waals surface area contributed by atoms with Crippen LogP contribution in [0.25, 0.3) is 11.0 Å². The van der Waals surface area contributed by atoms with Gasteiger partial charge in [-0.05, 0) is 24.3 Å². The number of para-hydroxylation sites is 1. The van der Waals surface area contributed by atoms with E-state index >= 15 is 0 Å². The predicted molar refractivity (Wildman–Crippen MR) is 116 cm³/mol. The molecule has 0 unspecified atom stereocenters. The summed E-state index contributed by atoms with van der Waals surface area (Å²) in [6.45, 7) is 4.48. The normalized spacial score (nSPS) is 14.8. The Morgan fingerprint density at radius 1 is 1.13 bits per heavy atom. The number of carbonyl (C=O) groups is 1. The van der Waals surface area contributed by atoms with Crippen molar-refractivity contribution in [3.05, 3.63) is 59.3 Å². The summed E-state index contributed by atoms with van der Waals surface area (Å²) in [6.07, 6.45) is 2.01. The van der Waals surface area contributed by atoms with Crippen molar-refractivity contribution < 1.29 is 18.7 Å². The Kier molecular flexibility index (Phi) is 6.45. The van der Waals surface area contributed by atoms with Gasteiger partial charge in [-0.2, -0.15) is 0 Å². The van der Waals surface area contributed by atoms with E-state index in [-0.39, 0.29) is 5.91 Å². The van der Waals surface area contributed by atoms with Crippen LogP contribution in [0.5, 0.6) is 11.5 Å². The standard InChI is InChI=1S/C23H25ClN2O4/c1-28-18-6-7-19-17(16-30-22(19)15-18)14-23(27)26-10-8-25(9-11-26)12-13-29-21-5-3-2-4-20(21)24/h2-7,15-16H,8-14H2,1H3. The van der Waals surface area contributed by atoms with Gasteiger partial charge in [0.1, 0.15) is 23.7 Å². The third-order valence-corrected chi connectivity index (χ3v) is 5.74. The Bertz CT molecular complexity index is 1010. The SMILES string of the molecule is COc1ccc2c(CC(=O)N3CCN(CCOc4ccccc4Cl)CC3)coc2c1. The minimum atomic E-state index is 0.125. The van der Waals surface area contributed by atoms with Crippen molar-refractivity contribution in [3.63, 3.8) is 0 Å². The quantitative estimate of drug-likeness (QED) is 0.572. The minimum absolute atomic E-state index is 0.125. The molecule has 1 aromatic heterocycles. The van der Waals surface area contributed by atoms with Gasteiger partial charge in [-0.1, -0.05) is 23.7 Å². The molecular weight excluding hydrogens is 404 g/mol. The van der Waals surface area contributed by atoms with Crippen LogP contribution >= 0.6 is 11.6 Å². The highest BCUT2D eigenvalue weighted by molar-refractivity contribution is 6.32. The molecule has 1 amide bonds. The van der Waals surface area contributed by atoms with E-state index in [0.29, 0.717) is 36.9 Å². The smallest absolute Gasteiger partial charge is 0.227 e. The Hall–Kier alpha value is -2.70. The van der Waals surface area contributed by atoms with E-state index < -0.39 is 0 Å². The van der Waals surface area contributed by atoms with Crippen LogP contribution in [-0.2, 0) is 11.2 Å². The van der Waals surface area contributed by atoms with Gasteiger partial charge in [-0.15, -0.1) is 0 Å². The molecule has 0 atom stereocenters. The van der Waals surface area contributed by atoms with Gasteiger partial charge in [0.2, 0.25) is 5.91 Å². The second-order valence-electron chi connectivity index (χ2n) is 7.30. The summed E-state index contributed by atoms with van der Waals surface area (Å²) in [5.41, 5.74) is 1.65. The predicted octanol–water partition coefficient (Wildman–Crippen LogP) is 3.86. The van der Waals surface area contributed by atoms with Gasteiger partial charge < -0.3 is 18.8 Å². The molecule has 1 aliphatic rings. The molecule has 1 fully saturated rings. The molecule has 7 heteroatoms. The maximum atomic E-state index is 12.8. The first-order chi connectivity index (χ1) is 14.6. The number of methoxy groups -OCH3 is 1. The summed E-state index contributed by atoms with van der Waals surface area (Å²) < 4.78 is 16.6. The van der Waals surface area contributed by atoms with Crippen LogP contribution in [-0.4, -0.2) is 62.1 Å². The number of piperazine rings is 1. The first kappa shape index (κ1) is 20.6. The second kappa shape index (κ2) is 9.41. The maximum absolute atomic E-state index is 12.8. The maximum Gasteiger partial charge on any atom is 0.227 e. The van der Waals surface area contributed by atoms with Crippen molar-refractivity contribution in [1.29, 1.82) is 0 Å². The molecular formula is C23H25ClN2O4. The molecule has 0 spiro atoms. The lowest BCUT2D eigenvalue weighted by molar-refractivity contribution is -0.132. The molecule has 3 aromatic rings. The van der Waals surface area contributed by atoms with Crippen molar-refractivity contribution in [3.8, 4) is 11.5 Å². The average Bonchev–Trinajstić information content (AvgIpc) is 3.17. The Morgan fingerprint density at radius 2 is 1.93 bits per heavy atom. The molecule has 1 saturated heterocycles. The van der Waals surface area contributed by atoms with Crippen LogP contribution in [0, 0.1) is 0 Å². The molecule has 0 saturated carbocycles. The number of hydrogen-bond acceptors (Lipinski definition) is 5. The summed E-state index contributed by atoms with van der Waals surface area (Å²) in [5, 5.41) is 1.58. The lowest BCUT2D eigenvalue weighted by Gasteiger charge is -2.34. The van der Waals surface area contributed by atoms with Gasteiger partial charge >= 0.3 is 0 Å². The third kappa shape index (κ3) is 4.71. The zero-order chi connectivity index (χ0) is 20.9. The zero-order valence-corrected chi connectivity index (χ0v) is 17.7. The monoisotopic (exact) mass is 428 g/mol. The number of ether oxygens (including phenoxy) is 2. The second-order valence-corrected chi connectivity index (χ2v) is 7.71. The fourth-order valence-corrected chi connectivity index (χ4v) is 3.86. The van der Waals surface area contributed by atoms with Gasteiger partial charge in [0.05, 0.1) is 24.8 Å². The van der Waals surface area contributed by atoms with Gasteiger partial charge in [0, 0.05) is 49.7 Å². The molecule has 0 N–H and O–H groups in total. The van der Waals surface area contributed by atoms with Gasteiger partial charge in [0.25, 0.3) is 0 Å². The first-order valence-corrected chi connectivity index (χ1v) is 10.4. The van der Waals surface area contributed by atoms with E-state index in [1.54, 1.807) is 13.4 Å². The molecule has 6 nitrogen and oxygen atoms in total. The van der Waals surface area contributed by atoms with Crippen LogP contribution < -0.4 is 9.47 Å². The van der Waals surface area contributed by atoms with E-state index in [0.717, 1.165) is 41.9 Å². The first-order valence-electron chi connectivity index (χ1n) is 10.1. The lowest BCUT2D eigenvalue weighted by atomic mass is 10.1. The average molecular weight is 429 g/mol. The Balaban J connectivity index is 1.25. The summed E-state index contributed by atoms with van der Waals surface area (Å²) in [4.78, 5) is 17.0. The lowest BCUT2D eigenvalue weighted by Crippen LogP contribution is -2.49. The molecule has 0 radical (unpaired) electrons. The summed E-state index contributed by atoms with van der Waals surface area (Å²) >= 11 is 6.11. The largest absolute Gasteiger partial charge is 0.497 e. The topological polar surface area (TPSA) is 55.2 Å². The molecule has 158 valence electrons. The highest BCUT2D eigenvalue weighted by Gasteiger charge is 2.22. The van der Waals surface area contributed by atoms with Gasteiger partial charge in [0.15, 0.2) is 0 Å². The number of fused-ring (bicyclic) bond motifs is 1. The highest BCUT2D eigenvalue weighted by Crippen LogP contribution is 2.26. The Morgan fingerprint density at radius 3 is 2.70 bits per heavy atom. The zero-order valence-electron chi connectivity index (χ0n) is 17.0. The number of hydrogen-bond donors (Lipinski definition) is 0. The number of halogens is 1. The number of furan rings is 1. The van der Waals surface area contributed by atoms with Crippen molar-refractivity contribution in [2.24, 2.45) is 0 Å². The molecule has 2 aromatic carbocycles. The van der Waals surface area contributed by atoms with E-state index in [1.165, 1.54) is 0 Å². The summed E-state index contributed by atoms with van der Waals surface area (Å²) in [7, 11) is 1.62. The number of benzene rings is 2. The van der Waals surface area contributed by atoms with Crippen molar-refractivity contribution >= 4 is 28.5 Å². The van der Waals surface area contributed by atoms with Crippen molar-refractivity contribution in [2.45, 2.75) is 6.42 Å². The molecule has 4 rings (SSSR count). The van der Waals surface area contributed by atoms with Gasteiger partial charge in [-0.25, -0.2) is 0 Å². The van der Waals surface area contributed by atoms with E-state index in [1.807, 2.05) is 47.4 Å². The molecule has 0 aliphatic carbocycles. The van der Waals surface area contributed by atoms with Crippen LogP contribution in [0.2, 0.25) is 5.02 Å². The third-order valence-electron chi connectivity index (χ3n) is 5.43. The van der Waals surface area contributed by atoms with Crippen molar-refractivity contribution in [2.75, 3.05) is 46.4 Å².